The van der Waals surface area contributed by atoms with Gasteiger partial charge < -0.3 is 30.6 Å². The van der Waals surface area contributed by atoms with Gasteiger partial charge in [-0.1, -0.05) is 0 Å². The van der Waals surface area contributed by atoms with E-state index >= 15 is 0 Å². The summed E-state index contributed by atoms with van der Waals surface area (Å²) in [6, 6.07) is 0. The van der Waals surface area contributed by atoms with Gasteiger partial charge in [0.1, 0.15) is 18.3 Å². The number of aliphatic hydroxyl groups excluding tert-OH is 5. The second-order valence-electron chi connectivity index (χ2n) is 2.51. The first-order valence-corrected chi connectivity index (χ1v) is 3.47. The third kappa shape index (κ3) is 4.34. The fraction of sp³-hybridized carbons (Fsp3) is 0.833. The first-order chi connectivity index (χ1) is 5.91. The van der Waals surface area contributed by atoms with Gasteiger partial charge >= 0.3 is 5.97 Å². The molecule has 0 fully saturated rings. The Morgan fingerprint density at radius 1 is 1.07 bits per heavy atom. The fourth-order valence-corrected chi connectivity index (χ4v) is 0.668. The molecule has 86 valence electrons. The Bertz CT molecular complexity index is 176. The molecule has 0 rings (SSSR count). The number of carboxylic acid groups (broad SMARTS) is 1. The van der Waals surface area contributed by atoms with Crippen LogP contribution in [0, 0.1) is 0 Å². The molecule has 0 aliphatic carbocycles. The molecule has 0 heterocycles. The van der Waals surface area contributed by atoms with E-state index in [0.29, 0.717) is 0 Å². The Balaban J connectivity index is 0. The van der Waals surface area contributed by atoms with Crippen molar-refractivity contribution < 1.29 is 52.5 Å². The van der Waals surface area contributed by atoms with Gasteiger partial charge in [0.05, 0.1) is 6.61 Å². The number of aliphatic carboxylic acids is 1. The average Bonchev–Trinajstić information content (AvgIpc) is 2.12. The molecule has 6 N–H and O–H groups in total. The van der Waals surface area contributed by atoms with E-state index in [2.05, 4.69) is 0 Å². The van der Waals surface area contributed by atoms with Crippen molar-refractivity contribution in [3.05, 3.63) is 0 Å². The van der Waals surface area contributed by atoms with Gasteiger partial charge in [0.15, 0.2) is 6.10 Å². The van der Waals surface area contributed by atoms with Crippen molar-refractivity contribution in [2.75, 3.05) is 6.61 Å². The summed E-state index contributed by atoms with van der Waals surface area (Å²) in [4.78, 5) is 10.1. The molecule has 0 amide bonds. The topological polar surface area (TPSA) is 138 Å². The Morgan fingerprint density at radius 2 is 1.50 bits per heavy atom. The van der Waals surface area contributed by atoms with Crippen molar-refractivity contribution in [3.8, 4) is 0 Å². The molecule has 0 saturated heterocycles. The molecule has 0 bridgehead atoms. The second kappa shape index (κ2) is 7.13. The van der Waals surface area contributed by atoms with Crippen LogP contribution in [0.25, 0.3) is 0 Å². The van der Waals surface area contributed by atoms with Gasteiger partial charge in [0.2, 0.25) is 0 Å². The van der Waals surface area contributed by atoms with Crippen molar-refractivity contribution in [1.82, 2.24) is 0 Å². The summed E-state index contributed by atoms with van der Waals surface area (Å²) < 4.78 is 0. The van der Waals surface area contributed by atoms with E-state index in [0.717, 1.165) is 0 Å². The molecule has 0 aromatic heterocycles. The molecule has 4 unspecified atom stereocenters. The average molecular weight is 252 g/mol. The zero-order chi connectivity index (χ0) is 10.6. The summed E-state index contributed by atoms with van der Waals surface area (Å²) in [5.41, 5.74) is 0. The molecule has 14 heavy (non-hydrogen) atoms. The Labute approximate surface area is 90.1 Å². The molecule has 8 heteroatoms. The quantitative estimate of drug-likeness (QED) is 0.279. The number of rotatable bonds is 5. The smallest absolute Gasteiger partial charge is 0.335 e. The molecule has 4 atom stereocenters. The monoisotopic (exact) mass is 252 g/mol. The molecular formula is C6H12FeO7. The molecular weight excluding hydrogens is 240 g/mol. The zero-order valence-electron chi connectivity index (χ0n) is 6.96. The molecule has 0 aromatic rings. The van der Waals surface area contributed by atoms with Gasteiger partial charge in [-0.05, 0) is 0 Å². The van der Waals surface area contributed by atoms with Crippen molar-refractivity contribution >= 4 is 5.97 Å². The summed E-state index contributed by atoms with van der Waals surface area (Å²) >= 11 is 0. The van der Waals surface area contributed by atoms with Gasteiger partial charge in [0, 0.05) is 17.1 Å². The van der Waals surface area contributed by atoms with Gasteiger partial charge in [-0.2, -0.15) is 0 Å². The van der Waals surface area contributed by atoms with E-state index < -0.39 is 37.0 Å². The summed E-state index contributed by atoms with van der Waals surface area (Å²) in [6.45, 7) is -0.843. The van der Waals surface area contributed by atoms with Crippen LogP contribution >= 0.6 is 0 Å². The van der Waals surface area contributed by atoms with Gasteiger partial charge in [-0.15, -0.1) is 0 Å². The molecule has 0 radical (unpaired) electrons. The minimum absolute atomic E-state index is 0. The maximum atomic E-state index is 10.1. The van der Waals surface area contributed by atoms with Crippen LogP contribution in [-0.2, 0) is 21.9 Å². The van der Waals surface area contributed by atoms with Crippen molar-refractivity contribution in [2.45, 2.75) is 24.4 Å². The van der Waals surface area contributed by atoms with Gasteiger partial charge in [-0.25, -0.2) is 4.79 Å². The predicted octanol–water partition coefficient (Wildman–Crippen LogP) is -3.50. The number of hydrogen-bond acceptors (Lipinski definition) is 6. The number of hydrogen-bond donors (Lipinski definition) is 6. The molecule has 7 nitrogen and oxygen atoms in total. The van der Waals surface area contributed by atoms with Crippen LogP contribution in [-0.4, -0.2) is 67.6 Å². The SMILES string of the molecule is O=C(O)C(O)C(O)C(O)C(O)CO.[Fe]. The van der Waals surface area contributed by atoms with E-state index in [9.17, 15) is 4.79 Å². The van der Waals surface area contributed by atoms with Crippen LogP contribution in [0.1, 0.15) is 0 Å². The third-order valence-electron chi connectivity index (χ3n) is 1.51. The number of aliphatic hydroxyl groups is 5. The maximum absolute atomic E-state index is 10.1. The van der Waals surface area contributed by atoms with E-state index in [1.165, 1.54) is 0 Å². The Hall–Kier alpha value is -0.211. The molecule has 0 aliphatic rings. The minimum Gasteiger partial charge on any atom is -0.479 e. The van der Waals surface area contributed by atoms with Crippen LogP contribution in [0.3, 0.4) is 0 Å². The van der Waals surface area contributed by atoms with E-state index in [1.807, 2.05) is 0 Å². The normalized spacial score (nSPS) is 18.9. The second-order valence-corrected chi connectivity index (χ2v) is 2.51. The predicted molar refractivity (Wildman–Crippen MR) is 38.7 cm³/mol. The van der Waals surface area contributed by atoms with Crippen LogP contribution in [0.15, 0.2) is 0 Å². The molecule has 0 saturated carbocycles. The number of carbonyl (C=O) groups is 1. The van der Waals surface area contributed by atoms with Gasteiger partial charge in [-0.3, -0.25) is 0 Å². The third-order valence-corrected chi connectivity index (χ3v) is 1.51. The zero-order valence-corrected chi connectivity index (χ0v) is 8.07. The van der Waals surface area contributed by atoms with Crippen molar-refractivity contribution in [3.63, 3.8) is 0 Å². The van der Waals surface area contributed by atoms with Crippen LogP contribution in [0.5, 0.6) is 0 Å². The summed E-state index contributed by atoms with van der Waals surface area (Å²) in [7, 11) is 0. The molecule has 0 aromatic carbocycles. The fourth-order valence-electron chi connectivity index (χ4n) is 0.668. The largest absolute Gasteiger partial charge is 0.479 e. The minimum atomic E-state index is -2.20. The molecule has 0 aliphatic heterocycles. The van der Waals surface area contributed by atoms with E-state index in [-0.39, 0.29) is 17.1 Å². The van der Waals surface area contributed by atoms with Gasteiger partial charge in [0.25, 0.3) is 0 Å². The Kier molecular flexibility index (Phi) is 8.27. The van der Waals surface area contributed by atoms with E-state index in [1.54, 1.807) is 0 Å². The summed E-state index contributed by atoms with van der Waals surface area (Å²) in [5, 5.41) is 51.8. The standard InChI is InChI=1S/C6H12O7.Fe/c7-1-2(8)3(9)4(10)5(11)6(12)13;/h2-5,7-11H,1H2,(H,12,13);. The van der Waals surface area contributed by atoms with E-state index in [4.69, 9.17) is 30.6 Å². The van der Waals surface area contributed by atoms with Crippen LogP contribution < -0.4 is 0 Å². The Morgan fingerprint density at radius 3 is 1.79 bits per heavy atom. The molecule has 0 spiro atoms. The first-order valence-electron chi connectivity index (χ1n) is 3.47. The van der Waals surface area contributed by atoms with Crippen LogP contribution in [0.4, 0.5) is 0 Å². The van der Waals surface area contributed by atoms with Crippen LogP contribution in [0.2, 0.25) is 0 Å². The summed E-state index contributed by atoms with van der Waals surface area (Å²) in [5.74, 6) is -1.73. The number of carboxylic acids is 1. The summed E-state index contributed by atoms with van der Waals surface area (Å²) in [6.07, 6.45) is -7.84. The van der Waals surface area contributed by atoms with Crippen molar-refractivity contribution in [2.24, 2.45) is 0 Å². The van der Waals surface area contributed by atoms with Crippen molar-refractivity contribution in [1.29, 1.82) is 0 Å². The first kappa shape index (κ1) is 16.2. The maximum Gasteiger partial charge on any atom is 0.335 e.